The maximum Gasteiger partial charge on any atom is 0.338 e. The first-order valence-electron chi connectivity index (χ1n) is 5.14. The zero-order chi connectivity index (χ0) is 11.3. The molecular formula is C12H16O3. The number of hydrogen-bond donors (Lipinski definition) is 1. The van der Waals surface area contributed by atoms with Gasteiger partial charge in [0, 0.05) is 0 Å². The molecule has 0 aliphatic rings. The summed E-state index contributed by atoms with van der Waals surface area (Å²) >= 11 is 0. The smallest absolute Gasteiger partial charge is 0.338 e. The number of benzene rings is 1. The number of aliphatic hydroxyl groups is 1. The van der Waals surface area contributed by atoms with Crippen LogP contribution in [0.4, 0.5) is 0 Å². The Hall–Kier alpha value is -1.35. The first-order valence-corrected chi connectivity index (χ1v) is 5.14. The van der Waals surface area contributed by atoms with Gasteiger partial charge in [-0.25, -0.2) is 4.79 Å². The van der Waals surface area contributed by atoms with Crippen LogP contribution in [0.15, 0.2) is 24.3 Å². The van der Waals surface area contributed by atoms with E-state index in [1.54, 1.807) is 31.2 Å². The summed E-state index contributed by atoms with van der Waals surface area (Å²) in [7, 11) is 0. The lowest BCUT2D eigenvalue weighted by Crippen LogP contribution is -2.05. The Bertz CT molecular complexity index is 316. The van der Waals surface area contributed by atoms with E-state index < -0.39 is 6.10 Å². The van der Waals surface area contributed by atoms with Crippen LogP contribution in [-0.2, 0) is 4.74 Å². The van der Waals surface area contributed by atoms with Crippen molar-refractivity contribution in [2.45, 2.75) is 26.4 Å². The van der Waals surface area contributed by atoms with Crippen molar-refractivity contribution in [2.75, 3.05) is 6.61 Å². The molecule has 0 aliphatic heterocycles. The van der Waals surface area contributed by atoms with Gasteiger partial charge in [0.2, 0.25) is 0 Å². The van der Waals surface area contributed by atoms with Crippen LogP contribution in [0.25, 0.3) is 0 Å². The van der Waals surface area contributed by atoms with Crippen LogP contribution in [0.2, 0.25) is 0 Å². The Morgan fingerprint density at radius 3 is 2.40 bits per heavy atom. The van der Waals surface area contributed by atoms with Crippen LogP contribution >= 0.6 is 0 Å². The van der Waals surface area contributed by atoms with E-state index in [4.69, 9.17) is 4.74 Å². The van der Waals surface area contributed by atoms with Gasteiger partial charge in [-0.2, -0.15) is 0 Å². The van der Waals surface area contributed by atoms with E-state index >= 15 is 0 Å². The van der Waals surface area contributed by atoms with Gasteiger partial charge < -0.3 is 9.84 Å². The normalized spacial score (nSPS) is 12.2. The summed E-state index contributed by atoms with van der Waals surface area (Å²) in [5.74, 6) is -0.324. The van der Waals surface area contributed by atoms with Crippen molar-refractivity contribution in [3.05, 3.63) is 35.4 Å². The Kier molecular flexibility index (Phi) is 4.31. The molecule has 3 nitrogen and oxygen atoms in total. The van der Waals surface area contributed by atoms with E-state index in [0.29, 0.717) is 18.6 Å². The standard InChI is InChI=1S/C12H16O3/c1-3-11(13)9-5-7-10(8-6-9)12(14)15-4-2/h5-8,11,13H,3-4H2,1-2H3/t11-/m0/s1. The third kappa shape index (κ3) is 3.06. The van der Waals surface area contributed by atoms with E-state index in [1.807, 2.05) is 6.92 Å². The third-order valence-corrected chi connectivity index (χ3v) is 2.19. The second-order valence-electron chi connectivity index (χ2n) is 3.27. The van der Waals surface area contributed by atoms with E-state index in [0.717, 1.165) is 5.56 Å². The fraction of sp³-hybridized carbons (Fsp3) is 0.417. The Morgan fingerprint density at radius 1 is 1.33 bits per heavy atom. The van der Waals surface area contributed by atoms with Crippen molar-refractivity contribution in [1.29, 1.82) is 0 Å². The SMILES string of the molecule is CCOC(=O)c1ccc([C@@H](O)CC)cc1. The highest BCUT2D eigenvalue weighted by Gasteiger charge is 2.08. The highest BCUT2D eigenvalue weighted by Crippen LogP contribution is 2.16. The Morgan fingerprint density at radius 2 is 1.93 bits per heavy atom. The minimum atomic E-state index is -0.457. The van der Waals surface area contributed by atoms with Gasteiger partial charge in [-0.3, -0.25) is 0 Å². The number of carbonyl (C=O) groups excluding carboxylic acids is 1. The summed E-state index contributed by atoms with van der Waals surface area (Å²) in [6.45, 7) is 4.05. The molecule has 0 aromatic heterocycles. The zero-order valence-corrected chi connectivity index (χ0v) is 9.06. The zero-order valence-electron chi connectivity index (χ0n) is 9.06. The number of ether oxygens (including phenoxy) is 1. The average Bonchev–Trinajstić information content (AvgIpc) is 2.28. The van der Waals surface area contributed by atoms with Crippen LogP contribution in [0.1, 0.15) is 42.3 Å². The molecule has 0 bridgehead atoms. The highest BCUT2D eigenvalue weighted by molar-refractivity contribution is 5.89. The predicted octanol–water partition coefficient (Wildman–Crippen LogP) is 2.31. The molecule has 1 aromatic carbocycles. The van der Waals surface area contributed by atoms with Gasteiger partial charge in [-0.1, -0.05) is 19.1 Å². The molecule has 0 spiro atoms. The lowest BCUT2D eigenvalue weighted by Gasteiger charge is -2.08. The third-order valence-electron chi connectivity index (χ3n) is 2.19. The van der Waals surface area contributed by atoms with Gasteiger partial charge in [0.25, 0.3) is 0 Å². The molecule has 1 aromatic rings. The second-order valence-corrected chi connectivity index (χ2v) is 3.27. The largest absolute Gasteiger partial charge is 0.462 e. The average molecular weight is 208 g/mol. The molecule has 0 saturated carbocycles. The topological polar surface area (TPSA) is 46.5 Å². The minimum absolute atomic E-state index is 0.324. The maximum absolute atomic E-state index is 11.3. The van der Waals surface area contributed by atoms with Crippen molar-refractivity contribution in [3.63, 3.8) is 0 Å². The van der Waals surface area contributed by atoms with Crippen LogP contribution in [-0.4, -0.2) is 17.7 Å². The number of carbonyl (C=O) groups is 1. The minimum Gasteiger partial charge on any atom is -0.462 e. The number of esters is 1. The molecule has 0 amide bonds. The summed E-state index contributed by atoms with van der Waals surface area (Å²) in [5, 5.41) is 9.55. The van der Waals surface area contributed by atoms with Crippen molar-refractivity contribution in [2.24, 2.45) is 0 Å². The van der Waals surface area contributed by atoms with Crippen LogP contribution < -0.4 is 0 Å². The molecule has 1 N–H and O–H groups in total. The van der Waals surface area contributed by atoms with Crippen molar-refractivity contribution < 1.29 is 14.6 Å². The molecule has 3 heteroatoms. The molecule has 0 aliphatic carbocycles. The molecular weight excluding hydrogens is 192 g/mol. The summed E-state index contributed by atoms with van der Waals surface area (Å²) in [6, 6.07) is 6.85. The van der Waals surface area contributed by atoms with Crippen LogP contribution in [0.5, 0.6) is 0 Å². The molecule has 1 atom stereocenters. The van der Waals surface area contributed by atoms with Gasteiger partial charge in [-0.15, -0.1) is 0 Å². The fourth-order valence-electron chi connectivity index (χ4n) is 1.29. The monoisotopic (exact) mass is 208 g/mol. The van der Waals surface area contributed by atoms with Gasteiger partial charge in [-0.05, 0) is 31.0 Å². The van der Waals surface area contributed by atoms with Crippen molar-refractivity contribution >= 4 is 5.97 Å². The number of rotatable bonds is 4. The number of aliphatic hydroxyl groups excluding tert-OH is 1. The summed E-state index contributed by atoms with van der Waals surface area (Å²) in [4.78, 5) is 11.3. The molecule has 15 heavy (non-hydrogen) atoms. The van der Waals surface area contributed by atoms with Crippen molar-refractivity contribution in [1.82, 2.24) is 0 Å². The lowest BCUT2D eigenvalue weighted by molar-refractivity contribution is 0.0526. The summed E-state index contributed by atoms with van der Waals surface area (Å²) in [6.07, 6.45) is 0.208. The van der Waals surface area contributed by atoms with E-state index in [2.05, 4.69) is 0 Å². The van der Waals surface area contributed by atoms with Gasteiger partial charge in [0.05, 0.1) is 18.3 Å². The fourth-order valence-corrected chi connectivity index (χ4v) is 1.29. The Labute approximate surface area is 89.7 Å². The second kappa shape index (κ2) is 5.51. The molecule has 0 radical (unpaired) electrons. The molecule has 0 unspecified atom stereocenters. The van der Waals surface area contributed by atoms with Crippen molar-refractivity contribution in [3.8, 4) is 0 Å². The first-order chi connectivity index (χ1) is 7.19. The maximum atomic E-state index is 11.3. The van der Waals surface area contributed by atoms with E-state index in [1.165, 1.54) is 0 Å². The quantitative estimate of drug-likeness (QED) is 0.772. The van der Waals surface area contributed by atoms with Crippen LogP contribution in [0, 0.1) is 0 Å². The van der Waals surface area contributed by atoms with Crippen LogP contribution in [0.3, 0.4) is 0 Å². The van der Waals surface area contributed by atoms with Gasteiger partial charge in [0.1, 0.15) is 0 Å². The molecule has 1 rings (SSSR count). The van der Waals surface area contributed by atoms with Gasteiger partial charge >= 0.3 is 5.97 Å². The molecule has 82 valence electrons. The molecule has 0 fully saturated rings. The molecule has 0 heterocycles. The number of hydrogen-bond acceptors (Lipinski definition) is 3. The first kappa shape index (κ1) is 11.7. The predicted molar refractivity (Wildman–Crippen MR) is 57.6 cm³/mol. The highest BCUT2D eigenvalue weighted by atomic mass is 16.5. The van der Waals surface area contributed by atoms with E-state index in [9.17, 15) is 9.90 Å². The summed E-state index contributed by atoms with van der Waals surface area (Å²) < 4.78 is 4.85. The van der Waals surface area contributed by atoms with Gasteiger partial charge in [0.15, 0.2) is 0 Å². The summed E-state index contributed by atoms with van der Waals surface area (Å²) in [5.41, 5.74) is 1.34. The lowest BCUT2D eigenvalue weighted by atomic mass is 10.1. The molecule has 0 saturated heterocycles. The Balaban J connectivity index is 2.76. The van der Waals surface area contributed by atoms with E-state index in [-0.39, 0.29) is 5.97 Å².